The Balaban J connectivity index is 1.92. The Morgan fingerprint density at radius 1 is 1.35 bits per heavy atom. The van der Waals surface area contributed by atoms with Gasteiger partial charge in [0.05, 0.1) is 0 Å². The fraction of sp³-hybridized carbons (Fsp3) is 0.929. The van der Waals surface area contributed by atoms with Crippen LogP contribution in [0.15, 0.2) is 0 Å². The van der Waals surface area contributed by atoms with Crippen molar-refractivity contribution in [3.05, 3.63) is 0 Å². The van der Waals surface area contributed by atoms with Gasteiger partial charge in [-0.05, 0) is 51.4 Å². The molecule has 0 aromatic heterocycles. The van der Waals surface area contributed by atoms with Gasteiger partial charge in [0.25, 0.3) is 0 Å². The average molecular weight is 239 g/mol. The monoisotopic (exact) mass is 239 g/mol. The summed E-state index contributed by atoms with van der Waals surface area (Å²) in [4.78, 5) is 13.9. The van der Waals surface area contributed by atoms with Crippen molar-refractivity contribution >= 4 is 6.09 Å². The lowest BCUT2D eigenvalue weighted by Crippen LogP contribution is -2.36. The number of amides is 1. The first-order valence-corrected chi connectivity index (χ1v) is 6.78. The first-order chi connectivity index (χ1) is 7.80. The molecule has 2 fully saturated rings. The lowest BCUT2D eigenvalue weighted by Gasteiger charge is -2.26. The second kappa shape index (κ2) is 4.18. The maximum atomic E-state index is 12.0. The molecular weight excluding hydrogens is 214 g/mol. The highest BCUT2D eigenvalue weighted by atomic mass is 16.6. The van der Waals surface area contributed by atoms with Gasteiger partial charge in [0, 0.05) is 13.1 Å². The van der Waals surface area contributed by atoms with Gasteiger partial charge in [-0.25, -0.2) is 4.79 Å². The molecule has 3 heteroatoms. The molecule has 1 amide bonds. The predicted octanol–water partition coefficient (Wildman–Crippen LogP) is 3.43. The van der Waals surface area contributed by atoms with Crippen molar-refractivity contribution in [1.29, 1.82) is 0 Å². The summed E-state index contributed by atoms with van der Waals surface area (Å²) in [5.41, 5.74) is 0.0339. The van der Waals surface area contributed by atoms with Crippen LogP contribution in [0.2, 0.25) is 0 Å². The molecule has 1 aliphatic carbocycles. The summed E-state index contributed by atoms with van der Waals surface area (Å²) in [6.07, 6.45) is 4.92. The molecule has 17 heavy (non-hydrogen) atoms. The molecule has 3 nitrogen and oxygen atoms in total. The molecule has 2 atom stereocenters. The van der Waals surface area contributed by atoms with Crippen LogP contribution in [0.5, 0.6) is 0 Å². The van der Waals surface area contributed by atoms with E-state index in [1.165, 1.54) is 19.3 Å². The highest BCUT2D eigenvalue weighted by Crippen LogP contribution is 2.48. The van der Waals surface area contributed by atoms with Gasteiger partial charge in [0.2, 0.25) is 0 Å². The standard InChI is InChI=1S/C14H25NO2/c1-11-5-6-14(9-11)7-8-15(10-14)12(16)17-13(2,3)4/h11H,5-10H2,1-4H3. The summed E-state index contributed by atoms with van der Waals surface area (Å²) >= 11 is 0. The number of rotatable bonds is 0. The Labute approximate surface area is 105 Å². The molecule has 1 saturated carbocycles. The maximum Gasteiger partial charge on any atom is 0.410 e. The molecule has 1 saturated heterocycles. The SMILES string of the molecule is CC1CCC2(CCN(C(=O)OC(C)(C)C)C2)C1. The van der Waals surface area contributed by atoms with Crippen LogP contribution < -0.4 is 0 Å². The van der Waals surface area contributed by atoms with Crippen molar-refractivity contribution in [1.82, 2.24) is 4.90 Å². The molecule has 98 valence electrons. The molecular formula is C14H25NO2. The van der Waals surface area contributed by atoms with Gasteiger partial charge in [-0.2, -0.15) is 0 Å². The average Bonchev–Trinajstić information content (AvgIpc) is 2.72. The molecule has 2 aliphatic rings. The van der Waals surface area contributed by atoms with Crippen molar-refractivity contribution in [2.75, 3.05) is 13.1 Å². The molecule has 0 radical (unpaired) electrons. The minimum atomic E-state index is -0.379. The lowest BCUT2D eigenvalue weighted by atomic mass is 9.85. The summed E-state index contributed by atoms with van der Waals surface area (Å²) in [7, 11) is 0. The van der Waals surface area contributed by atoms with Crippen molar-refractivity contribution in [2.24, 2.45) is 11.3 Å². The van der Waals surface area contributed by atoms with E-state index in [-0.39, 0.29) is 11.7 Å². The summed E-state index contributed by atoms with van der Waals surface area (Å²) in [5.74, 6) is 0.827. The van der Waals surface area contributed by atoms with Crippen LogP contribution in [0.1, 0.15) is 53.4 Å². The summed E-state index contributed by atoms with van der Waals surface area (Å²) < 4.78 is 5.44. The van der Waals surface area contributed by atoms with Gasteiger partial charge in [-0.1, -0.05) is 13.3 Å². The smallest absolute Gasteiger partial charge is 0.410 e. The van der Waals surface area contributed by atoms with Crippen LogP contribution in [0, 0.1) is 11.3 Å². The van der Waals surface area contributed by atoms with Crippen LogP contribution in [0.3, 0.4) is 0 Å². The van der Waals surface area contributed by atoms with Gasteiger partial charge in [-0.15, -0.1) is 0 Å². The number of likely N-dealkylation sites (tertiary alicyclic amines) is 1. The summed E-state index contributed by atoms with van der Waals surface area (Å²) in [5, 5.41) is 0. The fourth-order valence-electron chi connectivity index (χ4n) is 3.28. The van der Waals surface area contributed by atoms with Crippen LogP contribution in [0.25, 0.3) is 0 Å². The Bertz CT molecular complexity index is 308. The molecule has 1 aliphatic heterocycles. The highest BCUT2D eigenvalue weighted by molar-refractivity contribution is 5.68. The van der Waals surface area contributed by atoms with E-state index in [2.05, 4.69) is 6.92 Å². The third-order valence-electron chi connectivity index (χ3n) is 4.04. The number of carbonyl (C=O) groups excluding carboxylic acids is 1. The minimum absolute atomic E-state index is 0.131. The first kappa shape index (κ1) is 12.7. The maximum absolute atomic E-state index is 12.0. The van der Waals surface area contributed by atoms with Crippen LogP contribution in [-0.2, 0) is 4.74 Å². The van der Waals surface area contributed by atoms with Crippen LogP contribution in [-0.4, -0.2) is 29.7 Å². The Morgan fingerprint density at radius 3 is 2.59 bits per heavy atom. The van der Waals surface area contributed by atoms with Crippen LogP contribution >= 0.6 is 0 Å². The minimum Gasteiger partial charge on any atom is -0.444 e. The largest absolute Gasteiger partial charge is 0.444 e. The van der Waals surface area contributed by atoms with Crippen molar-refractivity contribution in [3.63, 3.8) is 0 Å². The predicted molar refractivity (Wildman–Crippen MR) is 67.9 cm³/mol. The first-order valence-electron chi connectivity index (χ1n) is 6.78. The van der Waals surface area contributed by atoms with E-state index in [9.17, 15) is 4.79 Å². The zero-order valence-corrected chi connectivity index (χ0v) is 11.6. The topological polar surface area (TPSA) is 29.5 Å². The Morgan fingerprint density at radius 2 is 2.06 bits per heavy atom. The molecule has 0 N–H and O–H groups in total. The molecule has 0 aromatic rings. The van der Waals surface area contributed by atoms with Gasteiger partial charge in [0.1, 0.15) is 5.60 Å². The molecule has 1 spiro atoms. The van der Waals surface area contributed by atoms with E-state index in [4.69, 9.17) is 4.74 Å². The normalized spacial score (nSPS) is 33.4. The molecule has 2 rings (SSSR count). The van der Waals surface area contributed by atoms with Gasteiger partial charge in [0.15, 0.2) is 0 Å². The van der Waals surface area contributed by atoms with E-state index >= 15 is 0 Å². The van der Waals surface area contributed by atoms with Gasteiger partial charge in [-0.3, -0.25) is 0 Å². The van der Waals surface area contributed by atoms with Gasteiger partial charge < -0.3 is 9.64 Å². The van der Waals surface area contributed by atoms with E-state index in [0.29, 0.717) is 5.41 Å². The molecule has 0 bridgehead atoms. The zero-order chi connectivity index (χ0) is 12.7. The van der Waals surface area contributed by atoms with Crippen molar-refractivity contribution in [3.8, 4) is 0 Å². The lowest BCUT2D eigenvalue weighted by molar-refractivity contribution is 0.0273. The van der Waals surface area contributed by atoms with E-state index in [1.807, 2.05) is 25.7 Å². The third kappa shape index (κ3) is 2.93. The summed E-state index contributed by atoms with van der Waals surface area (Å²) in [6, 6.07) is 0. The Kier molecular flexibility index (Phi) is 3.13. The van der Waals surface area contributed by atoms with Crippen molar-refractivity contribution < 1.29 is 9.53 Å². The molecule has 2 unspecified atom stereocenters. The number of ether oxygens (including phenoxy) is 1. The highest BCUT2D eigenvalue weighted by Gasteiger charge is 2.44. The number of hydrogen-bond acceptors (Lipinski definition) is 2. The zero-order valence-electron chi connectivity index (χ0n) is 11.6. The fourth-order valence-corrected chi connectivity index (χ4v) is 3.28. The van der Waals surface area contributed by atoms with E-state index in [1.54, 1.807) is 0 Å². The number of hydrogen-bond donors (Lipinski definition) is 0. The van der Waals surface area contributed by atoms with Gasteiger partial charge >= 0.3 is 6.09 Å². The molecule has 0 aromatic carbocycles. The quantitative estimate of drug-likeness (QED) is 0.648. The van der Waals surface area contributed by atoms with E-state index < -0.39 is 0 Å². The van der Waals surface area contributed by atoms with E-state index in [0.717, 1.165) is 25.4 Å². The van der Waals surface area contributed by atoms with Crippen molar-refractivity contribution in [2.45, 2.75) is 59.0 Å². The third-order valence-corrected chi connectivity index (χ3v) is 4.04. The Hall–Kier alpha value is -0.730. The second-order valence-corrected chi connectivity index (χ2v) is 7.00. The second-order valence-electron chi connectivity index (χ2n) is 7.00. The summed E-state index contributed by atoms with van der Waals surface area (Å²) in [6.45, 7) is 9.88. The molecule has 1 heterocycles. The van der Waals surface area contributed by atoms with Crippen LogP contribution in [0.4, 0.5) is 4.79 Å². The number of nitrogens with zero attached hydrogens (tertiary/aromatic N) is 1. The number of carbonyl (C=O) groups is 1.